The van der Waals surface area contributed by atoms with E-state index >= 15 is 0 Å². The Morgan fingerprint density at radius 1 is 0.659 bits per heavy atom. The van der Waals surface area contributed by atoms with Crippen LogP contribution >= 0.6 is 12.4 Å². The molecule has 0 aromatic heterocycles. The van der Waals surface area contributed by atoms with Crippen molar-refractivity contribution in [2.45, 2.75) is 113 Å². The molecule has 0 radical (unpaired) electrons. The summed E-state index contributed by atoms with van der Waals surface area (Å²) < 4.78 is 31.6. The zero-order valence-electron chi connectivity index (χ0n) is 27.9. The molecule has 0 aliphatic carbocycles. The number of unbranched alkanes of at least 4 members (excludes halogenated alkanes) is 9. The molecule has 244 valence electrons. The van der Waals surface area contributed by atoms with E-state index < -0.39 is 10.4 Å². The van der Waals surface area contributed by atoms with Crippen LogP contribution in [-0.2, 0) is 10.4 Å². The molecule has 0 fully saturated rings. The van der Waals surface area contributed by atoms with E-state index in [1.54, 1.807) is 18.2 Å². The summed E-state index contributed by atoms with van der Waals surface area (Å²) in [5.41, 5.74) is 12.2. The SMILES string of the molecule is CCN(CC)CC.CCN(CC)CC.Cl.Nc1cccc(N)c1.O=S(=O)(O)O.[CH2-]CCCCCCCCCCC.[Na+]. The minimum absolute atomic E-state index is 0. The third-order valence-electron chi connectivity index (χ3n) is 5.95. The number of anilines is 2. The molecule has 1 aromatic carbocycles. The molecule has 6 N–H and O–H groups in total. The second kappa shape index (κ2) is 42.0. The average molecular weight is 637 g/mol. The molecule has 0 aliphatic rings. The summed E-state index contributed by atoms with van der Waals surface area (Å²) in [5, 5.41) is 0. The molecule has 0 heterocycles. The first-order chi connectivity index (χ1) is 18.4. The van der Waals surface area contributed by atoms with E-state index in [4.69, 9.17) is 29.0 Å². The third-order valence-corrected chi connectivity index (χ3v) is 5.95. The van der Waals surface area contributed by atoms with Crippen LogP contribution in [0, 0.1) is 6.92 Å². The summed E-state index contributed by atoms with van der Waals surface area (Å²) >= 11 is 0. The van der Waals surface area contributed by atoms with Crippen LogP contribution in [0.2, 0.25) is 0 Å². The van der Waals surface area contributed by atoms with Crippen molar-refractivity contribution in [1.29, 1.82) is 0 Å². The van der Waals surface area contributed by atoms with Crippen molar-refractivity contribution in [3.8, 4) is 0 Å². The van der Waals surface area contributed by atoms with E-state index in [9.17, 15) is 0 Å². The Bertz CT molecular complexity index is 639. The van der Waals surface area contributed by atoms with Crippen LogP contribution in [0.4, 0.5) is 11.4 Å². The van der Waals surface area contributed by atoms with E-state index in [1.165, 1.54) is 97.1 Å². The van der Waals surface area contributed by atoms with Gasteiger partial charge in [-0.2, -0.15) is 14.8 Å². The molecule has 0 aliphatic heterocycles. The summed E-state index contributed by atoms with van der Waals surface area (Å²) in [5.74, 6) is 0. The van der Waals surface area contributed by atoms with Crippen molar-refractivity contribution in [3.05, 3.63) is 31.2 Å². The normalized spacial score (nSPS) is 9.76. The zero-order chi connectivity index (χ0) is 31.0. The molecule has 0 atom stereocenters. The Labute approximate surface area is 284 Å². The first kappa shape index (κ1) is 53.5. The molecule has 8 nitrogen and oxygen atoms in total. The number of halogens is 1. The number of rotatable bonds is 15. The fourth-order valence-corrected chi connectivity index (χ4v) is 3.39. The van der Waals surface area contributed by atoms with Crippen molar-refractivity contribution in [2.75, 3.05) is 50.7 Å². The second-order valence-electron chi connectivity index (χ2n) is 9.04. The van der Waals surface area contributed by atoms with Crippen LogP contribution in [0.3, 0.4) is 0 Å². The van der Waals surface area contributed by atoms with Gasteiger partial charge in [0.2, 0.25) is 0 Å². The van der Waals surface area contributed by atoms with Gasteiger partial charge in [0.1, 0.15) is 0 Å². The molecule has 11 heteroatoms. The molecule has 0 spiro atoms. The summed E-state index contributed by atoms with van der Waals surface area (Å²) in [6.07, 6.45) is 13.9. The van der Waals surface area contributed by atoms with Crippen molar-refractivity contribution in [3.63, 3.8) is 0 Å². The van der Waals surface area contributed by atoms with Crippen LogP contribution in [0.15, 0.2) is 24.3 Å². The minimum atomic E-state index is -4.67. The quantitative estimate of drug-likeness (QED) is 0.0690. The van der Waals surface area contributed by atoms with Gasteiger partial charge in [0, 0.05) is 11.4 Å². The average Bonchev–Trinajstić information content (AvgIpc) is 2.88. The molecule has 0 amide bonds. The van der Waals surface area contributed by atoms with E-state index in [0.29, 0.717) is 11.4 Å². The maximum atomic E-state index is 8.74. The molecule has 1 aromatic rings. The molecule has 0 unspecified atom stereocenters. The van der Waals surface area contributed by atoms with Gasteiger partial charge in [0.25, 0.3) is 0 Å². The first-order valence-electron chi connectivity index (χ1n) is 14.9. The molecule has 0 saturated carbocycles. The van der Waals surface area contributed by atoms with Gasteiger partial charge in [-0.05, 0) is 57.5 Å². The van der Waals surface area contributed by atoms with Gasteiger partial charge in [-0.1, -0.05) is 112 Å². The van der Waals surface area contributed by atoms with E-state index in [-0.39, 0.29) is 42.0 Å². The summed E-state index contributed by atoms with van der Waals surface area (Å²) in [7, 11) is -4.67. The van der Waals surface area contributed by atoms with Crippen molar-refractivity contribution >= 4 is 34.2 Å². The maximum absolute atomic E-state index is 8.74. The van der Waals surface area contributed by atoms with Crippen LogP contribution in [0.25, 0.3) is 0 Å². The molecule has 1 rings (SSSR count). The molecule has 41 heavy (non-hydrogen) atoms. The molecule has 0 bridgehead atoms. The number of hydrogen-bond donors (Lipinski definition) is 4. The number of hydrogen-bond acceptors (Lipinski definition) is 6. The van der Waals surface area contributed by atoms with Gasteiger partial charge in [-0.25, -0.2) is 0 Å². The Morgan fingerprint density at radius 3 is 1.10 bits per heavy atom. The first-order valence-corrected chi connectivity index (χ1v) is 16.3. The zero-order valence-corrected chi connectivity index (χ0v) is 31.5. The largest absolute Gasteiger partial charge is 1.00 e. The van der Waals surface area contributed by atoms with Crippen molar-refractivity contribution in [2.24, 2.45) is 0 Å². The Kier molecular flexibility index (Phi) is 54.8. The van der Waals surface area contributed by atoms with Gasteiger partial charge < -0.3 is 28.2 Å². The van der Waals surface area contributed by atoms with Gasteiger partial charge in [-0.3, -0.25) is 9.11 Å². The van der Waals surface area contributed by atoms with Crippen LogP contribution in [-0.4, -0.2) is 66.6 Å². The van der Waals surface area contributed by atoms with E-state index in [0.717, 1.165) is 6.42 Å². The van der Waals surface area contributed by atoms with Gasteiger partial charge in [-0.15, -0.1) is 12.4 Å². The summed E-state index contributed by atoms with van der Waals surface area (Å²) in [6, 6.07) is 7.15. The molecular weight excluding hydrogens is 571 g/mol. The monoisotopic (exact) mass is 636 g/mol. The van der Waals surface area contributed by atoms with Gasteiger partial charge in [0.05, 0.1) is 0 Å². The smallest absolute Gasteiger partial charge is 0.399 e. The Balaban J connectivity index is -0.0000000950. The number of nitrogens with zero attached hydrogens (tertiary/aromatic N) is 2. The van der Waals surface area contributed by atoms with E-state index in [2.05, 4.69) is 65.2 Å². The van der Waals surface area contributed by atoms with Gasteiger partial charge >= 0.3 is 40.0 Å². The van der Waals surface area contributed by atoms with Gasteiger partial charge in [0.15, 0.2) is 0 Å². The van der Waals surface area contributed by atoms with Crippen LogP contribution < -0.4 is 41.0 Å². The fraction of sp³-hybridized carbons (Fsp3) is 0.767. The maximum Gasteiger partial charge on any atom is 1.00 e. The predicted molar refractivity (Wildman–Crippen MR) is 181 cm³/mol. The fourth-order valence-electron chi connectivity index (χ4n) is 3.39. The van der Waals surface area contributed by atoms with E-state index in [1.807, 2.05) is 6.07 Å². The number of nitrogen functional groups attached to an aromatic ring is 2. The standard InChI is InChI=1S/C12H25.C6H8N2.2C6H15N.ClH.Na.H2O4S/c1-3-5-7-9-11-12-10-8-6-4-2;7-5-2-1-3-6(8)4-5;2*1-4-7(5-2)6-3;;;1-5(2,3)4/h1,3-12H2,2H3;1-4H,7-8H2;2*4-6H2,1-3H3;1H;;(H2,1,2,3,4)/q-1;;;;;+1;. The number of benzene rings is 1. The molecule has 0 saturated heterocycles. The number of nitrogens with two attached hydrogens (primary N) is 2. The van der Waals surface area contributed by atoms with Crippen LogP contribution in [0.5, 0.6) is 0 Å². The predicted octanol–water partition coefficient (Wildman–Crippen LogP) is 5.06. The topological polar surface area (TPSA) is 133 Å². The second-order valence-corrected chi connectivity index (χ2v) is 9.93. The third kappa shape index (κ3) is 60.0. The Morgan fingerprint density at radius 2 is 0.927 bits per heavy atom. The minimum Gasteiger partial charge on any atom is -0.399 e. The summed E-state index contributed by atoms with van der Waals surface area (Å²) in [6.45, 7) is 26.4. The molecular formula is C30H66ClN4NaO4S. The Hall–Kier alpha value is -0.100. The summed E-state index contributed by atoms with van der Waals surface area (Å²) in [4.78, 5) is 4.75. The van der Waals surface area contributed by atoms with Crippen LogP contribution in [0.1, 0.15) is 113 Å². The van der Waals surface area contributed by atoms with Crippen molar-refractivity contribution < 1.29 is 47.1 Å². The van der Waals surface area contributed by atoms with Crippen molar-refractivity contribution in [1.82, 2.24) is 9.80 Å².